The SMILES string of the molecule is CN(C)Cc1ccc(OCc2ccccc2)cc1Br. The molecule has 0 aliphatic heterocycles. The molecule has 0 heterocycles. The molecule has 2 aromatic carbocycles. The van der Waals surface area contributed by atoms with Crippen LogP contribution in [0.4, 0.5) is 0 Å². The molecule has 2 aromatic rings. The maximum atomic E-state index is 5.79. The Labute approximate surface area is 123 Å². The third-order valence-corrected chi connectivity index (χ3v) is 3.50. The van der Waals surface area contributed by atoms with Gasteiger partial charge >= 0.3 is 0 Å². The van der Waals surface area contributed by atoms with E-state index in [1.807, 2.05) is 30.3 Å². The van der Waals surface area contributed by atoms with Crippen molar-refractivity contribution in [3.8, 4) is 5.75 Å². The van der Waals surface area contributed by atoms with Crippen molar-refractivity contribution in [2.45, 2.75) is 13.2 Å². The fraction of sp³-hybridized carbons (Fsp3) is 0.250. The standard InChI is InChI=1S/C16H18BrNO/c1-18(2)11-14-8-9-15(10-16(14)17)19-12-13-6-4-3-5-7-13/h3-10H,11-12H2,1-2H3. The van der Waals surface area contributed by atoms with Crippen LogP contribution in [0.5, 0.6) is 5.75 Å². The van der Waals surface area contributed by atoms with Gasteiger partial charge in [0.1, 0.15) is 12.4 Å². The molecule has 0 aliphatic rings. The van der Waals surface area contributed by atoms with E-state index in [0.29, 0.717) is 6.61 Å². The average Bonchev–Trinajstić information content (AvgIpc) is 2.40. The van der Waals surface area contributed by atoms with Gasteiger partial charge in [-0.3, -0.25) is 0 Å². The number of ether oxygens (including phenoxy) is 1. The molecule has 0 aromatic heterocycles. The number of hydrogen-bond donors (Lipinski definition) is 0. The smallest absolute Gasteiger partial charge is 0.120 e. The molecular formula is C16H18BrNO. The van der Waals surface area contributed by atoms with Crippen LogP contribution in [-0.4, -0.2) is 19.0 Å². The van der Waals surface area contributed by atoms with Crippen molar-refractivity contribution >= 4 is 15.9 Å². The van der Waals surface area contributed by atoms with E-state index < -0.39 is 0 Å². The second-order valence-electron chi connectivity index (χ2n) is 4.77. The van der Waals surface area contributed by atoms with Gasteiger partial charge in [0.2, 0.25) is 0 Å². The summed E-state index contributed by atoms with van der Waals surface area (Å²) in [5.41, 5.74) is 2.44. The molecular weight excluding hydrogens is 302 g/mol. The Kier molecular flexibility index (Phi) is 5.00. The summed E-state index contributed by atoms with van der Waals surface area (Å²) in [5, 5.41) is 0. The second kappa shape index (κ2) is 6.73. The fourth-order valence-electron chi connectivity index (χ4n) is 1.83. The van der Waals surface area contributed by atoms with Gasteiger partial charge in [-0.05, 0) is 37.4 Å². The number of rotatable bonds is 5. The minimum absolute atomic E-state index is 0.598. The quantitative estimate of drug-likeness (QED) is 0.823. The lowest BCUT2D eigenvalue weighted by Gasteiger charge is -2.13. The molecule has 0 saturated heterocycles. The average molecular weight is 320 g/mol. The zero-order chi connectivity index (χ0) is 13.7. The molecule has 0 bridgehead atoms. The van der Waals surface area contributed by atoms with Crippen molar-refractivity contribution in [1.29, 1.82) is 0 Å². The lowest BCUT2D eigenvalue weighted by atomic mass is 10.2. The van der Waals surface area contributed by atoms with Gasteiger partial charge in [0.25, 0.3) is 0 Å². The number of benzene rings is 2. The first-order valence-electron chi connectivity index (χ1n) is 6.25. The van der Waals surface area contributed by atoms with E-state index in [4.69, 9.17) is 4.74 Å². The van der Waals surface area contributed by atoms with Crippen LogP contribution in [0.25, 0.3) is 0 Å². The van der Waals surface area contributed by atoms with Gasteiger partial charge < -0.3 is 9.64 Å². The maximum absolute atomic E-state index is 5.79. The molecule has 0 spiro atoms. The van der Waals surface area contributed by atoms with Gasteiger partial charge in [0, 0.05) is 11.0 Å². The van der Waals surface area contributed by atoms with E-state index >= 15 is 0 Å². The van der Waals surface area contributed by atoms with Crippen molar-refractivity contribution in [3.63, 3.8) is 0 Å². The lowest BCUT2D eigenvalue weighted by Crippen LogP contribution is -2.11. The van der Waals surface area contributed by atoms with E-state index in [1.54, 1.807) is 0 Å². The van der Waals surface area contributed by atoms with Gasteiger partial charge in [-0.25, -0.2) is 0 Å². The molecule has 0 amide bonds. The van der Waals surface area contributed by atoms with Crippen LogP contribution < -0.4 is 4.74 Å². The summed E-state index contributed by atoms with van der Waals surface area (Å²) in [7, 11) is 4.12. The highest BCUT2D eigenvalue weighted by Crippen LogP contribution is 2.24. The van der Waals surface area contributed by atoms with Crippen LogP contribution in [0.1, 0.15) is 11.1 Å². The van der Waals surface area contributed by atoms with Crippen molar-refractivity contribution in [2.75, 3.05) is 14.1 Å². The monoisotopic (exact) mass is 319 g/mol. The van der Waals surface area contributed by atoms with Crippen molar-refractivity contribution < 1.29 is 4.74 Å². The molecule has 0 atom stereocenters. The van der Waals surface area contributed by atoms with Crippen LogP contribution in [0.15, 0.2) is 53.0 Å². The first-order valence-corrected chi connectivity index (χ1v) is 7.04. The summed E-state index contributed by atoms with van der Waals surface area (Å²) in [6, 6.07) is 16.3. The Morgan fingerprint density at radius 1 is 1.05 bits per heavy atom. The molecule has 19 heavy (non-hydrogen) atoms. The number of hydrogen-bond acceptors (Lipinski definition) is 2. The van der Waals surface area contributed by atoms with Crippen molar-refractivity contribution in [3.05, 3.63) is 64.1 Å². The molecule has 0 radical (unpaired) electrons. The number of halogens is 1. The van der Waals surface area contributed by atoms with Crippen LogP contribution >= 0.6 is 15.9 Å². The van der Waals surface area contributed by atoms with Crippen molar-refractivity contribution in [2.24, 2.45) is 0 Å². The minimum atomic E-state index is 0.598. The normalized spacial score (nSPS) is 10.7. The molecule has 100 valence electrons. The van der Waals surface area contributed by atoms with E-state index in [0.717, 1.165) is 16.8 Å². The Morgan fingerprint density at radius 2 is 1.79 bits per heavy atom. The largest absolute Gasteiger partial charge is 0.489 e. The molecule has 3 heteroatoms. The number of nitrogens with zero attached hydrogens (tertiary/aromatic N) is 1. The topological polar surface area (TPSA) is 12.5 Å². The maximum Gasteiger partial charge on any atom is 0.120 e. The van der Waals surface area contributed by atoms with E-state index in [2.05, 4.69) is 53.1 Å². The molecule has 0 N–H and O–H groups in total. The summed E-state index contributed by atoms with van der Waals surface area (Å²) in [6.07, 6.45) is 0. The molecule has 0 fully saturated rings. The predicted molar refractivity (Wildman–Crippen MR) is 82.3 cm³/mol. The first-order chi connectivity index (χ1) is 9.15. The molecule has 0 saturated carbocycles. The van der Waals surface area contributed by atoms with Crippen LogP contribution in [-0.2, 0) is 13.2 Å². The van der Waals surface area contributed by atoms with Crippen LogP contribution in [0, 0.1) is 0 Å². The first kappa shape index (κ1) is 14.1. The second-order valence-corrected chi connectivity index (χ2v) is 5.62. The molecule has 2 nitrogen and oxygen atoms in total. The third-order valence-electron chi connectivity index (χ3n) is 2.76. The third kappa shape index (κ3) is 4.37. The predicted octanol–water partition coefficient (Wildman–Crippen LogP) is 4.09. The van der Waals surface area contributed by atoms with Gasteiger partial charge in [-0.2, -0.15) is 0 Å². The fourth-order valence-corrected chi connectivity index (χ4v) is 2.31. The summed E-state index contributed by atoms with van der Waals surface area (Å²) >= 11 is 3.60. The van der Waals surface area contributed by atoms with Crippen molar-refractivity contribution in [1.82, 2.24) is 4.90 Å². The van der Waals surface area contributed by atoms with Gasteiger partial charge in [0.05, 0.1) is 0 Å². The van der Waals surface area contributed by atoms with Gasteiger partial charge in [0.15, 0.2) is 0 Å². The van der Waals surface area contributed by atoms with Gasteiger partial charge in [-0.15, -0.1) is 0 Å². The Morgan fingerprint density at radius 3 is 2.42 bits per heavy atom. The van der Waals surface area contributed by atoms with E-state index in [1.165, 1.54) is 11.1 Å². The van der Waals surface area contributed by atoms with Gasteiger partial charge in [-0.1, -0.05) is 52.3 Å². The zero-order valence-corrected chi connectivity index (χ0v) is 12.9. The lowest BCUT2D eigenvalue weighted by molar-refractivity contribution is 0.305. The molecule has 0 aliphatic carbocycles. The zero-order valence-electron chi connectivity index (χ0n) is 11.3. The highest BCUT2D eigenvalue weighted by atomic mass is 79.9. The Hall–Kier alpha value is -1.32. The summed E-state index contributed by atoms with van der Waals surface area (Å²) < 4.78 is 6.88. The summed E-state index contributed by atoms with van der Waals surface area (Å²) in [4.78, 5) is 2.14. The molecule has 0 unspecified atom stereocenters. The molecule has 2 rings (SSSR count). The van der Waals surface area contributed by atoms with Crippen LogP contribution in [0.2, 0.25) is 0 Å². The van der Waals surface area contributed by atoms with E-state index in [9.17, 15) is 0 Å². The summed E-state index contributed by atoms with van der Waals surface area (Å²) in [5.74, 6) is 0.887. The Balaban J connectivity index is 2.00. The highest BCUT2D eigenvalue weighted by molar-refractivity contribution is 9.10. The minimum Gasteiger partial charge on any atom is -0.489 e. The highest BCUT2D eigenvalue weighted by Gasteiger charge is 2.03. The summed E-state index contributed by atoms with van der Waals surface area (Å²) in [6.45, 7) is 1.51. The Bertz CT molecular complexity index is 526. The van der Waals surface area contributed by atoms with Crippen LogP contribution in [0.3, 0.4) is 0 Å². The van der Waals surface area contributed by atoms with E-state index in [-0.39, 0.29) is 0 Å².